The van der Waals surface area contributed by atoms with Gasteiger partial charge in [-0.1, -0.05) is 13.8 Å². The summed E-state index contributed by atoms with van der Waals surface area (Å²) in [5.41, 5.74) is 13.2. The highest BCUT2D eigenvalue weighted by Crippen LogP contribution is 2.41. The van der Waals surface area contributed by atoms with Crippen LogP contribution in [-0.4, -0.2) is 34.8 Å². The number of carbonyl (C=O) groups is 1. The molecule has 1 fully saturated rings. The van der Waals surface area contributed by atoms with E-state index in [9.17, 15) is 9.90 Å². The van der Waals surface area contributed by atoms with E-state index in [2.05, 4.69) is 58.2 Å². The molecule has 2 atom stereocenters. The van der Waals surface area contributed by atoms with Crippen molar-refractivity contribution >= 4 is 23.1 Å². The van der Waals surface area contributed by atoms with Gasteiger partial charge in [-0.2, -0.15) is 0 Å². The SMILES string of the molecule is CCOC(=O)CC[C@@H]1C2=C(C)C3=NC(=CC4=NC(=CC5=NC(=C(C)C5=CO)C=C(N2)C1C)C(C)=C4CC)C(C)=C3. The number of hydrogen-bond acceptors (Lipinski definition) is 7. The van der Waals surface area contributed by atoms with E-state index >= 15 is 0 Å². The van der Waals surface area contributed by atoms with Crippen LogP contribution in [0.1, 0.15) is 67.7 Å². The van der Waals surface area contributed by atoms with E-state index in [-0.39, 0.29) is 17.8 Å². The number of nitrogens with one attached hydrogen (secondary N) is 1. The lowest BCUT2D eigenvalue weighted by Gasteiger charge is -2.17. The first kappa shape index (κ1) is 27.6. The molecule has 8 bridgehead atoms. The zero-order valence-corrected chi connectivity index (χ0v) is 24.5. The lowest BCUT2D eigenvalue weighted by Crippen LogP contribution is -2.15. The molecule has 5 aliphatic heterocycles. The van der Waals surface area contributed by atoms with E-state index in [0.29, 0.717) is 30.7 Å². The van der Waals surface area contributed by atoms with Crippen molar-refractivity contribution in [2.45, 2.75) is 67.7 Å². The van der Waals surface area contributed by atoms with Gasteiger partial charge in [0.2, 0.25) is 0 Å². The molecule has 0 amide bonds. The van der Waals surface area contributed by atoms with Crippen molar-refractivity contribution in [2.24, 2.45) is 26.8 Å². The lowest BCUT2D eigenvalue weighted by atomic mass is 9.86. The quantitative estimate of drug-likeness (QED) is 0.295. The van der Waals surface area contributed by atoms with Crippen LogP contribution in [-0.2, 0) is 9.53 Å². The molecule has 40 heavy (non-hydrogen) atoms. The van der Waals surface area contributed by atoms with E-state index in [1.54, 1.807) is 0 Å². The van der Waals surface area contributed by atoms with Crippen LogP contribution in [0.25, 0.3) is 0 Å². The summed E-state index contributed by atoms with van der Waals surface area (Å²) in [6.07, 6.45) is 11.3. The van der Waals surface area contributed by atoms with E-state index in [1.807, 2.05) is 19.9 Å². The van der Waals surface area contributed by atoms with Gasteiger partial charge in [0.05, 0.1) is 47.1 Å². The molecule has 0 spiro atoms. The predicted molar refractivity (Wildman–Crippen MR) is 161 cm³/mol. The number of nitrogens with zero attached hydrogens (tertiary/aromatic N) is 3. The Morgan fingerprint density at radius 2 is 1.68 bits per heavy atom. The first-order chi connectivity index (χ1) is 19.2. The largest absolute Gasteiger partial charge is 0.515 e. The van der Waals surface area contributed by atoms with Crippen molar-refractivity contribution in [2.75, 3.05) is 6.61 Å². The molecule has 5 rings (SSSR count). The summed E-state index contributed by atoms with van der Waals surface area (Å²) in [5, 5.41) is 13.9. The summed E-state index contributed by atoms with van der Waals surface area (Å²) in [5.74, 6) is 0.0339. The van der Waals surface area contributed by atoms with E-state index < -0.39 is 0 Å². The van der Waals surface area contributed by atoms with Gasteiger partial charge in [-0.15, -0.1) is 0 Å². The summed E-state index contributed by atoms with van der Waals surface area (Å²) in [6, 6.07) is 0. The number of carbonyl (C=O) groups excluding carboxylic acids is 1. The second kappa shape index (κ2) is 10.9. The predicted octanol–water partition coefficient (Wildman–Crippen LogP) is 6.88. The fourth-order valence-corrected chi connectivity index (χ4v) is 6.03. The van der Waals surface area contributed by atoms with Crippen molar-refractivity contribution < 1.29 is 14.6 Å². The maximum Gasteiger partial charge on any atom is 0.305 e. The number of aliphatic imine (C=N–C) groups is 3. The zero-order valence-electron chi connectivity index (χ0n) is 24.5. The molecule has 0 saturated carbocycles. The lowest BCUT2D eigenvalue weighted by molar-refractivity contribution is -0.143. The monoisotopic (exact) mass is 538 g/mol. The first-order valence-corrected chi connectivity index (χ1v) is 14.2. The molecule has 7 nitrogen and oxygen atoms in total. The van der Waals surface area contributed by atoms with Crippen LogP contribution in [0.3, 0.4) is 0 Å². The summed E-state index contributed by atoms with van der Waals surface area (Å²) < 4.78 is 5.23. The average Bonchev–Trinajstić information content (AvgIpc) is 3.62. The number of hydrogen-bond donors (Lipinski definition) is 2. The van der Waals surface area contributed by atoms with Gasteiger partial charge in [-0.05, 0) is 99.6 Å². The Morgan fingerprint density at radius 3 is 2.38 bits per heavy atom. The van der Waals surface area contributed by atoms with Gasteiger partial charge in [0.15, 0.2) is 0 Å². The van der Waals surface area contributed by atoms with Gasteiger partial charge in [0.1, 0.15) is 0 Å². The van der Waals surface area contributed by atoms with Crippen LogP contribution in [0.4, 0.5) is 0 Å². The molecule has 1 unspecified atom stereocenters. The molecule has 0 aromatic carbocycles. The number of allylic oxidation sites excluding steroid dienone is 12. The van der Waals surface area contributed by atoms with Crippen LogP contribution >= 0.6 is 0 Å². The number of fused-ring (bicyclic) bond motifs is 5. The zero-order chi connectivity index (χ0) is 28.7. The number of esters is 1. The summed E-state index contributed by atoms with van der Waals surface area (Å²) in [7, 11) is 0. The van der Waals surface area contributed by atoms with Gasteiger partial charge >= 0.3 is 5.97 Å². The highest BCUT2D eigenvalue weighted by molar-refractivity contribution is 6.18. The molecule has 5 aliphatic rings. The molecule has 0 aromatic rings. The standard InChI is InChI=1S/C33H38N4O3/c1-8-22-18(4)28-15-31-24(16-38)20(6)27(36-31)14-29-19(5)23(10-11-32(39)40-9-2)33(37-29)21(7)26-12-17(3)25(34-26)13-30(22)35-28/h12-16,19,23,37-38H,8-11H2,1-7H3/t19?,23-/m0/s1. The number of ether oxygens (including phenoxy) is 1. The highest BCUT2D eigenvalue weighted by Gasteiger charge is 2.36. The van der Waals surface area contributed by atoms with Gasteiger partial charge < -0.3 is 15.2 Å². The second-order valence-corrected chi connectivity index (χ2v) is 10.9. The smallest absolute Gasteiger partial charge is 0.305 e. The molecule has 7 heteroatoms. The highest BCUT2D eigenvalue weighted by atomic mass is 16.5. The third kappa shape index (κ3) is 4.78. The van der Waals surface area contributed by atoms with Crippen molar-refractivity contribution in [3.8, 4) is 0 Å². The molecule has 2 N–H and O–H groups in total. The normalized spacial score (nSPS) is 25.0. The Morgan fingerprint density at radius 1 is 0.950 bits per heavy atom. The maximum atomic E-state index is 12.3. The van der Waals surface area contributed by atoms with E-state index in [0.717, 1.165) is 74.9 Å². The fraction of sp³-hybridized carbons (Fsp3) is 0.394. The van der Waals surface area contributed by atoms with Crippen LogP contribution in [0.5, 0.6) is 0 Å². The van der Waals surface area contributed by atoms with Crippen LogP contribution < -0.4 is 5.32 Å². The van der Waals surface area contributed by atoms with Gasteiger partial charge in [-0.25, -0.2) is 15.0 Å². The van der Waals surface area contributed by atoms with Gasteiger partial charge in [-0.3, -0.25) is 4.79 Å². The Bertz CT molecular complexity index is 1530. The van der Waals surface area contributed by atoms with Gasteiger partial charge in [0, 0.05) is 35.2 Å². The minimum atomic E-state index is -0.179. The summed E-state index contributed by atoms with van der Waals surface area (Å²) in [6.45, 7) is 14.8. The van der Waals surface area contributed by atoms with Crippen molar-refractivity contribution in [1.82, 2.24) is 5.32 Å². The Hall–Kier alpha value is -4.00. The minimum Gasteiger partial charge on any atom is -0.515 e. The molecular weight excluding hydrogens is 500 g/mol. The molecule has 0 radical (unpaired) electrons. The third-order valence-corrected chi connectivity index (χ3v) is 8.51. The van der Waals surface area contributed by atoms with Crippen LogP contribution in [0.15, 0.2) is 107 Å². The molecule has 0 aliphatic carbocycles. The number of rotatable bonds is 5. The fourth-order valence-electron chi connectivity index (χ4n) is 6.03. The number of aliphatic hydroxyl groups is 1. The first-order valence-electron chi connectivity index (χ1n) is 14.2. The molecule has 0 aromatic heterocycles. The molecular formula is C33H38N4O3. The molecule has 208 valence electrons. The maximum absolute atomic E-state index is 12.3. The Balaban J connectivity index is 1.70. The van der Waals surface area contributed by atoms with E-state index in [1.165, 1.54) is 5.57 Å². The third-order valence-electron chi connectivity index (χ3n) is 8.51. The molecule has 1 saturated heterocycles. The van der Waals surface area contributed by atoms with Crippen molar-refractivity contribution in [3.63, 3.8) is 0 Å². The van der Waals surface area contributed by atoms with E-state index in [4.69, 9.17) is 19.7 Å². The molecule has 5 heterocycles. The van der Waals surface area contributed by atoms with Crippen LogP contribution in [0.2, 0.25) is 0 Å². The Kier molecular flexibility index (Phi) is 7.49. The van der Waals surface area contributed by atoms with Crippen LogP contribution in [0, 0.1) is 11.8 Å². The minimum absolute atomic E-state index is 0.0918. The second-order valence-electron chi connectivity index (χ2n) is 10.9. The Labute approximate surface area is 236 Å². The van der Waals surface area contributed by atoms with Gasteiger partial charge in [0.25, 0.3) is 0 Å². The van der Waals surface area contributed by atoms with Crippen molar-refractivity contribution in [1.29, 1.82) is 0 Å². The summed E-state index contributed by atoms with van der Waals surface area (Å²) in [4.78, 5) is 27.3. The average molecular weight is 539 g/mol. The topological polar surface area (TPSA) is 95.6 Å². The number of aliphatic hydroxyl groups excluding tert-OH is 1. The summed E-state index contributed by atoms with van der Waals surface area (Å²) >= 11 is 0. The van der Waals surface area contributed by atoms with Crippen molar-refractivity contribution in [3.05, 3.63) is 92.5 Å².